The summed E-state index contributed by atoms with van der Waals surface area (Å²) in [5.41, 5.74) is 2.26. The van der Waals surface area contributed by atoms with Crippen LogP contribution >= 0.6 is 0 Å². The molecule has 2 aliphatic heterocycles. The first-order valence-corrected chi connectivity index (χ1v) is 6.47. The number of anilines is 1. The minimum Gasteiger partial charge on any atom is -0.324 e. The molecule has 1 unspecified atom stereocenters. The van der Waals surface area contributed by atoms with Gasteiger partial charge in [-0.25, -0.2) is 0 Å². The van der Waals surface area contributed by atoms with E-state index < -0.39 is 0 Å². The lowest BCUT2D eigenvalue weighted by atomic mass is 9.96. The molecule has 1 aromatic rings. The van der Waals surface area contributed by atoms with E-state index >= 15 is 0 Å². The SMILES string of the molecule is O=C1Nc2ccccc2CC1N1CCCCC1. The molecule has 3 nitrogen and oxygen atoms in total. The summed E-state index contributed by atoms with van der Waals surface area (Å²) in [6.07, 6.45) is 4.63. The van der Waals surface area contributed by atoms with Crippen molar-refractivity contribution in [3.8, 4) is 0 Å². The summed E-state index contributed by atoms with van der Waals surface area (Å²) in [5.74, 6) is 0.172. The normalized spacial score (nSPS) is 25.2. The Bertz CT molecular complexity index is 424. The monoisotopic (exact) mass is 230 g/mol. The Morgan fingerprint density at radius 1 is 1.12 bits per heavy atom. The van der Waals surface area contributed by atoms with Crippen LogP contribution in [-0.2, 0) is 11.2 Å². The number of benzene rings is 1. The summed E-state index contributed by atoms with van der Waals surface area (Å²) in [4.78, 5) is 14.4. The van der Waals surface area contributed by atoms with Crippen LogP contribution in [0, 0.1) is 0 Å². The molecule has 0 radical (unpaired) electrons. The predicted molar refractivity (Wildman–Crippen MR) is 68.0 cm³/mol. The van der Waals surface area contributed by atoms with E-state index in [4.69, 9.17) is 0 Å². The van der Waals surface area contributed by atoms with Crippen molar-refractivity contribution in [1.82, 2.24) is 4.90 Å². The molecule has 3 heteroatoms. The first kappa shape index (κ1) is 10.8. The first-order valence-electron chi connectivity index (χ1n) is 6.47. The molecule has 0 aromatic heterocycles. The fourth-order valence-electron chi connectivity index (χ4n) is 2.86. The molecule has 1 aromatic carbocycles. The predicted octanol–water partition coefficient (Wildman–Crippen LogP) is 2.04. The van der Waals surface area contributed by atoms with Crippen LogP contribution in [0.25, 0.3) is 0 Å². The topological polar surface area (TPSA) is 32.3 Å². The number of carbonyl (C=O) groups excluding carboxylic acids is 1. The Balaban J connectivity index is 1.81. The van der Waals surface area contributed by atoms with Crippen LogP contribution in [0.15, 0.2) is 24.3 Å². The van der Waals surface area contributed by atoms with Gasteiger partial charge >= 0.3 is 0 Å². The van der Waals surface area contributed by atoms with E-state index in [-0.39, 0.29) is 11.9 Å². The molecule has 1 fully saturated rings. The highest BCUT2D eigenvalue weighted by Gasteiger charge is 2.31. The zero-order chi connectivity index (χ0) is 11.7. The highest BCUT2D eigenvalue weighted by atomic mass is 16.2. The number of hydrogen-bond acceptors (Lipinski definition) is 2. The van der Waals surface area contributed by atoms with Crippen molar-refractivity contribution in [2.45, 2.75) is 31.7 Å². The fraction of sp³-hybridized carbons (Fsp3) is 0.500. The number of fused-ring (bicyclic) bond motifs is 1. The number of para-hydroxylation sites is 1. The van der Waals surface area contributed by atoms with Crippen LogP contribution in [0.4, 0.5) is 5.69 Å². The Morgan fingerprint density at radius 3 is 2.71 bits per heavy atom. The minimum atomic E-state index is 0.0465. The Morgan fingerprint density at radius 2 is 1.88 bits per heavy atom. The Labute approximate surface area is 102 Å². The van der Waals surface area contributed by atoms with Gasteiger partial charge in [-0.15, -0.1) is 0 Å². The smallest absolute Gasteiger partial charge is 0.242 e. The van der Waals surface area contributed by atoms with Gasteiger partial charge in [0.1, 0.15) is 0 Å². The number of carbonyl (C=O) groups is 1. The number of hydrogen-bond donors (Lipinski definition) is 1. The highest BCUT2D eigenvalue weighted by Crippen LogP contribution is 2.25. The van der Waals surface area contributed by atoms with Gasteiger partial charge < -0.3 is 5.32 Å². The maximum Gasteiger partial charge on any atom is 0.242 e. The van der Waals surface area contributed by atoms with Crippen LogP contribution in [-0.4, -0.2) is 29.9 Å². The van der Waals surface area contributed by atoms with Gasteiger partial charge in [0.2, 0.25) is 5.91 Å². The molecule has 17 heavy (non-hydrogen) atoms. The van der Waals surface area contributed by atoms with E-state index in [0.29, 0.717) is 0 Å². The molecular weight excluding hydrogens is 212 g/mol. The van der Waals surface area contributed by atoms with Crippen molar-refractivity contribution >= 4 is 11.6 Å². The van der Waals surface area contributed by atoms with Crippen LogP contribution in [0.1, 0.15) is 24.8 Å². The molecule has 0 bridgehead atoms. The van der Waals surface area contributed by atoms with E-state index in [2.05, 4.69) is 16.3 Å². The van der Waals surface area contributed by atoms with Gasteiger partial charge in [-0.3, -0.25) is 9.69 Å². The Kier molecular flexibility index (Phi) is 2.85. The largest absolute Gasteiger partial charge is 0.324 e. The maximum atomic E-state index is 12.1. The zero-order valence-electron chi connectivity index (χ0n) is 9.98. The summed E-state index contributed by atoms with van der Waals surface area (Å²) in [6.45, 7) is 2.14. The second-order valence-corrected chi connectivity index (χ2v) is 4.96. The summed E-state index contributed by atoms with van der Waals surface area (Å²) in [7, 11) is 0. The third-order valence-corrected chi connectivity index (χ3v) is 3.82. The van der Waals surface area contributed by atoms with Gasteiger partial charge in [0.05, 0.1) is 6.04 Å². The van der Waals surface area contributed by atoms with Crippen LogP contribution < -0.4 is 5.32 Å². The molecule has 2 heterocycles. The van der Waals surface area contributed by atoms with E-state index in [9.17, 15) is 4.79 Å². The van der Waals surface area contributed by atoms with Gasteiger partial charge in [-0.05, 0) is 44.0 Å². The molecule has 90 valence electrons. The molecule has 0 saturated carbocycles. The number of nitrogens with one attached hydrogen (secondary N) is 1. The van der Waals surface area contributed by atoms with Crippen LogP contribution in [0.3, 0.4) is 0 Å². The fourth-order valence-corrected chi connectivity index (χ4v) is 2.86. The quantitative estimate of drug-likeness (QED) is 0.800. The summed E-state index contributed by atoms with van der Waals surface area (Å²) < 4.78 is 0. The van der Waals surface area contributed by atoms with Crippen molar-refractivity contribution in [3.63, 3.8) is 0 Å². The zero-order valence-corrected chi connectivity index (χ0v) is 9.98. The van der Waals surface area contributed by atoms with Crippen molar-refractivity contribution in [2.24, 2.45) is 0 Å². The molecule has 0 aliphatic carbocycles. The van der Waals surface area contributed by atoms with Crippen LogP contribution in [0.2, 0.25) is 0 Å². The summed E-state index contributed by atoms with van der Waals surface area (Å²) in [5, 5.41) is 3.03. The molecule has 2 aliphatic rings. The number of amides is 1. The average molecular weight is 230 g/mol. The standard InChI is InChI=1S/C14H18N2O/c17-14-13(16-8-4-1-5-9-16)10-11-6-2-3-7-12(11)15-14/h2-3,6-7,13H,1,4-5,8-10H2,(H,15,17). The molecule has 3 rings (SSSR count). The van der Waals surface area contributed by atoms with Gasteiger partial charge in [-0.2, -0.15) is 0 Å². The van der Waals surface area contributed by atoms with Crippen molar-refractivity contribution in [1.29, 1.82) is 0 Å². The third kappa shape index (κ3) is 2.07. The van der Waals surface area contributed by atoms with E-state index in [1.54, 1.807) is 0 Å². The molecule has 1 atom stereocenters. The van der Waals surface area contributed by atoms with Crippen molar-refractivity contribution in [3.05, 3.63) is 29.8 Å². The van der Waals surface area contributed by atoms with E-state index in [1.165, 1.54) is 24.8 Å². The second kappa shape index (κ2) is 4.49. The number of likely N-dealkylation sites (tertiary alicyclic amines) is 1. The van der Waals surface area contributed by atoms with Gasteiger partial charge in [0, 0.05) is 5.69 Å². The number of rotatable bonds is 1. The highest BCUT2D eigenvalue weighted by molar-refractivity contribution is 5.98. The van der Waals surface area contributed by atoms with Crippen LogP contribution in [0.5, 0.6) is 0 Å². The van der Waals surface area contributed by atoms with E-state index in [1.807, 2.05) is 18.2 Å². The summed E-state index contributed by atoms with van der Waals surface area (Å²) in [6, 6.07) is 8.17. The lowest BCUT2D eigenvalue weighted by Gasteiger charge is -2.36. The lowest BCUT2D eigenvalue weighted by Crippen LogP contribution is -2.49. The molecular formula is C14H18N2O. The van der Waals surface area contributed by atoms with Crippen molar-refractivity contribution in [2.75, 3.05) is 18.4 Å². The van der Waals surface area contributed by atoms with E-state index in [0.717, 1.165) is 25.2 Å². The number of piperidine rings is 1. The van der Waals surface area contributed by atoms with Gasteiger partial charge in [0.25, 0.3) is 0 Å². The summed E-state index contributed by atoms with van der Waals surface area (Å²) >= 11 is 0. The molecule has 0 spiro atoms. The van der Waals surface area contributed by atoms with Gasteiger partial charge in [0.15, 0.2) is 0 Å². The molecule has 1 N–H and O–H groups in total. The maximum absolute atomic E-state index is 12.1. The molecule has 1 saturated heterocycles. The first-order chi connectivity index (χ1) is 8.34. The van der Waals surface area contributed by atoms with Crippen molar-refractivity contribution < 1.29 is 4.79 Å². The van der Waals surface area contributed by atoms with Gasteiger partial charge in [-0.1, -0.05) is 24.6 Å². The average Bonchev–Trinajstić information content (AvgIpc) is 2.39. The lowest BCUT2D eigenvalue weighted by molar-refractivity contribution is -0.122. The third-order valence-electron chi connectivity index (χ3n) is 3.82. The number of nitrogens with zero attached hydrogens (tertiary/aromatic N) is 1. The molecule has 1 amide bonds. The Hall–Kier alpha value is -1.35. The second-order valence-electron chi connectivity index (χ2n) is 4.96. The minimum absolute atomic E-state index is 0.0465.